The SMILES string of the molecule is CC(O)CNc1c(F)cc([N+](=O)[O-])cc1Br. The highest BCUT2D eigenvalue weighted by atomic mass is 79.9. The van der Waals surface area contributed by atoms with Gasteiger partial charge in [-0.1, -0.05) is 0 Å². The lowest BCUT2D eigenvalue weighted by molar-refractivity contribution is -0.385. The molecular weight excluding hydrogens is 283 g/mol. The lowest BCUT2D eigenvalue weighted by atomic mass is 10.2. The summed E-state index contributed by atoms with van der Waals surface area (Å²) in [6.45, 7) is 1.71. The Bertz CT molecular complexity index is 389. The van der Waals surface area contributed by atoms with Crippen LogP contribution in [-0.4, -0.2) is 22.7 Å². The summed E-state index contributed by atoms with van der Waals surface area (Å²) in [5.74, 6) is -0.735. The van der Waals surface area contributed by atoms with Gasteiger partial charge in [-0.05, 0) is 22.9 Å². The number of nitrogens with one attached hydrogen (secondary N) is 1. The van der Waals surface area contributed by atoms with Gasteiger partial charge in [-0.25, -0.2) is 4.39 Å². The van der Waals surface area contributed by atoms with E-state index >= 15 is 0 Å². The lowest BCUT2D eigenvalue weighted by Gasteiger charge is -2.10. The molecule has 0 aliphatic carbocycles. The number of halogens is 2. The minimum atomic E-state index is -0.735. The number of hydrogen-bond acceptors (Lipinski definition) is 4. The van der Waals surface area contributed by atoms with Gasteiger partial charge in [0.05, 0.1) is 27.3 Å². The summed E-state index contributed by atoms with van der Waals surface area (Å²) in [6.07, 6.45) is -0.638. The van der Waals surface area contributed by atoms with E-state index in [1.165, 1.54) is 6.07 Å². The Hall–Kier alpha value is -1.21. The Morgan fingerprint density at radius 1 is 1.69 bits per heavy atom. The summed E-state index contributed by atoms with van der Waals surface area (Å²) in [4.78, 5) is 9.77. The summed E-state index contributed by atoms with van der Waals surface area (Å²) in [5, 5.41) is 22.1. The van der Waals surface area contributed by atoms with Crippen LogP contribution in [0.15, 0.2) is 16.6 Å². The van der Waals surface area contributed by atoms with Crippen molar-refractivity contribution in [1.82, 2.24) is 0 Å². The smallest absolute Gasteiger partial charge is 0.273 e. The molecule has 0 amide bonds. The molecule has 0 saturated carbocycles. The van der Waals surface area contributed by atoms with Crippen LogP contribution in [0.5, 0.6) is 0 Å². The number of non-ortho nitro benzene ring substituents is 1. The Balaban J connectivity index is 2.98. The van der Waals surface area contributed by atoms with Crippen molar-refractivity contribution in [3.8, 4) is 0 Å². The van der Waals surface area contributed by atoms with Gasteiger partial charge in [-0.3, -0.25) is 10.1 Å². The van der Waals surface area contributed by atoms with E-state index in [1.807, 2.05) is 0 Å². The number of benzene rings is 1. The quantitative estimate of drug-likeness (QED) is 0.659. The highest BCUT2D eigenvalue weighted by molar-refractivity contribution is 9.10. The lowest BCUT2D eigenvalue weighted by Crippen LogP contribution is -2.16. The number of rotatable bonds is 4. The summed E-state index contributed by atoms with van der Waals surface area (Å²) in [6, 6.07) is 2.03. The van der Waals surface area contributed by atoms with Crippen LogP contribution in [0.1, 0.15) is 6.92 Å². The van der Waals surface area contributed by atoms with Crippen molar-refractivity contribution in [3.05, 3.63) is 32.5 Å². The van der Waals surface area contributed by atoms with Crippen molar-refractivity contribution in [2.45, 2.75) is 13.0 Å². The summed E-state index contributed by atoms with van der Waals surface area (Å²) >= 11 is 3.03. The minimum absolute atomic E-state index is 0.103. The van der Waals surface area contributed by atoms with Gasteiger partial charge in [0.1, 0.15) is 0 Å². The fourth-order valence-corrected chi connectivity index (χ4v) is 1.65. The average molecular weight is 293 g/mol. The zero-order valence-corrected chi connectivity index (χ0v) is 9.99. The minimum Gasteiger partial charge on any atom is -0.392 e. The molecule has 1 unspecified atom stereocenters. The molecule has 5 nitrogen and oxygen atoms in total. The van der Waals surface area contributed by atoms with E-state index in [4.69, 9.17) is 5.11 Å². The van der Waals surface area contributed by atoms with Crippen LogP contribution in [0.2, 0.25) is 0 Å². The predicted octanol–water partition coefficient (Wildman–Crippen LogP) is 2.29. The van der Waals surface area contributed by atoms with E-state index in [9.17, 15) is 14.5 Å². The molecule has 1 aromatic rings. The zero-order chi connectivity index (χ0) is 12.3. The molecule has 0 aliphatic heterocycles. The number of nitro benzene ring substituents is 1. The highest BCUT2D eigenvalue weighted by Gasteiger charge is 2.15. The van der Waals surface area contributed by atoms with Crippen molar-refractivity contribution < 1.29 is 14.4 Å². The first-order valence-electron chi connectivity index (χ1n) is 4.47. The van der Waals surface area contributed by atoms with Crippen molar-refractivity contribution in [3.63, 3.8) is 0 Å². The second-order valence-corrected chi connectivity index (χ2v) is 4.13. The summed E-state index contributed by atoms with van der Waals surface area (Å²) < 4.78 is 13.7. The molecule has 0 radical (unpaired) electrons. The molecule has 0 heterocycles. The normalized spacial score (nSPS) is 12.2. The molecule has 1 atom stereocenters. The first-order valence-corrected chi connectivity index (χ1v) is 5.26. The Labute approximate surface area is 99.6 Å². The van der Waals surface area contributed by atoms with E-state index in [0.29, 0.717) is 0 Å². The molecule has 0 aliphatic rings. The molecule has 1 aromatic carbocycles. The Morgan fingerprint density at radius 2 is 2.31 bits per heavy atom. The second kappa shape index (κ2) is 5.22. The van der Waals surface area contributed by atoms with Crippen LogP contribution >= 0.6 is 15.9 Å². The fraction of sp³-hybridized carbons (Fsp3) is 0.333. The molecule has 0 aromatic heterocycles. The first-order chi connectivity index (χ1) is 7.41. The first kappa shape index (κ1) is 12.9. The number of nitro groups is 1. The number of hydrogen-bond donors (Lipinski definition) is 2. The van der Waals surface area contributed by atoms with E-state index < -0.39 is 16.8 Å². The van der Waals surface area contributed by atoms with Gasteiger partial charge in [0.15, 0.2) is 5.82 Å². The summed E-state index contributed by atoms with van der Waals surface area (Å²) in [5.41, 5.74) is -0.224. The van der Waals surface area contributed by atoms with Gasteiger partial charge in [0, 0.05) is 12.6 Å². The molecule has 0 bridgehead atoms. The number of aliphatic hydroxyl groups excluding tert-OH is 1. The standard InChI is InChI=1S/C9H10BrFN2O3/c1-5(14)4-12-9-7(10)2-6(13(15)16)3-8(9)11/h2-3,5,12,14H,4H2,1H3. The van der Waals surface area contributed by atoms with E-state index in [2.05, 4.69) is 21.2 Å². The third-order valence-corrected chi connectivity index (χ3v) is 2.44. The van der Waals surface area contributed by atoms with Crippen LogP contribution in [0.25, 0.3) is 0 Å². The highest BCUT2D eigenvalue weighted by Crippen LogP contribution is 2.30. The van der Waals surface area contributed by atoms with Crippen LogP contribution in [0.3, 0.4) is 0 Å². The number of aliphatic hydroxyl groups is 1. The molecule has 0 saturated heterocycles. The van der Waals surface area contributed by atoms with E-state index in [-0.39, 0.29) is 22.4 Å². The third-order valence-electron chi connectivity index (χ3n) is 1.81. The fourth-order valence-electron chi connectivity index (χ4n) is 1.08. The Morgan fingerprint density at radius 3 is 2.75 bits per heavy atom. The van der Waals surface area contributed by atoms with Crippen LogP contribution < -0.4 is 5.32 Å². The van der Waals surface area contributed by atoms with Crippen molar-refractivity contribution >= 4 is 27.3 Å². The third kappa shape index (κ3) is 3.14. The van der Waals surface area contributed by atoms with Crippen LogP contribution in [0.4, 0.5) is 15.8 Å². The number of nitrogens with zero attached hydrogens (tertiary/aromatic N) is 1. The maximum atomic E-state index is 13.4. The van der Waals surface area contributed by atoms with Gasteiger partial charge in [-0.2, -0.15) is 0 Å². The Kier molecular flexibility index (Phi) is 4.19. The molecule has 1 rings (SSSR count). The van der Waals surface area contributed by atoms with Gasteiger partial charge < -0.3 is 10.4 Å². The molecule has 16 heavy (non-hydrogen) atoms. The van der Waals surface area contributed by atoms with E-state index in [1.54, 1.807) is 6.92 Å². The van der Waals surface area contributed by atoms with Crippen molar-refractivity contribution in [2.24, 2.45) is 0 Å². The topological polar surface area (TPSA) is 75.4 Å². The molecule has 88 valence electrons. The molecule has 7 heteroatoms. The van der Waals surface area contributed by atoms with Gasteiger partial charge >= 0.3 is 0 Å². The maximum absolute atomic E-state index is 13.4. The molecular formula is C9H10BrFN2O3. The average Bonchev–Trinajstić information content (AvgIpc) is 2.15. The van der Waals surface area contributed by atoms with Gasteiger partial charge in [-0.15, -0.1) is 0 Å². The van der Waals surface area contributed by atoms with Crippen LogP contribution in [0, 0.1) is 15.9 Å². The van der Waals surface area contributed by atoms with Gasteiger partial charge in [0.25, 0.3) is 5.69 Å². The van der Waals surface area contributed by atoms with Crippen molar-refractivity contribution in [2.75, 3.05) is 11.9 Å². The zero-order valence-electron chi connectivity index (χ0n) is 8.41. The number of anilines is 1. The molecule has 2 N–H and O–H groups in total. The van der Waals surface area contributed by atoms with Crippen molar-refractivity contribution in [1.29, 1.82) is 0 Å². The summed E-state index contributed by atoms with van der Waals surface area (Å²) in [7, 11) is 0. The predicted molar refractivity (Wildman–Crippen MR) is 60.9 cm³/mol. The monoisotopic (exact) mass is 292 g/mol. The second-order valence-electron chi connectivity index (χ2n) is 3.27. The molecule has 0 fully saturated rings. The maximum Gasteiger partial charge on any atom is 0.273 e. The van der Waals surface area contributed by atoms with Crippen LogP contribution in [-0.2, 0) is 0 Å². The van der Waals surface area contributed by atoms with Gasteiger partial charge in [0.2, 0.25) is 0 Å². The largest absolute Gasteiger partial charge is 0.392 e. The molecule has 0 spiro atoms. The van der Waals surface area contributed by atoms with E-state index in [0.717, 1.165) is 6.07 Å².